The molecule has 0 atom stereocenters. The topological polar surface area (TPSA) is 57.3 Å². The predicted octanol–water partition coefficient (Wildman–Crippen LogP) is 3.26. The summed E-state index contributed by atoms with van der Waals surface area (Å²) < 4.78 is 12.8. The van der Waals surface area contributed by atoms with Crippen LogP contribution in [0.15, 0.2) is 47.3 Å². The first kappa shape index (κ1) is 13.2. The predicted molar refractivity (Wildman–Crippen MR) is 77.9 cm³/mol. The first-order valence-corrected chi connectivity index (χ1v) is 6.45. The molecule has 0 bridgehead atoms. The zero-order valence-corrected chi connectivity index (χ0v) is 11.7. The summed E-state index contributed by atoms with van der Waals surface area (Å²) in [7, 11) is 1.62. The molecule has 0 saturated carbocycles. The lowest BCUT2D eigenvalue weighted by Crippen LogP contribution is -1.95. The van der Waals surface area contributed by atoms with Gasteiger partial charge in [-0.25, -0.2) is 4.98 Å². The van der Waals surface area contributed by atoms with E-state index >= 15 is 0 Å². The molecule has 5 nitrogen and oxygen atoms in total. The van der Waals surface area contributed by atoms with E-state index in [0.29, 0.717) is 23.6 Å². The molecule has 0 radical (unpaired) electrons. The number of aromatic nitrogens is 2. The average Bonchev–Trinajstić information content (AvgIpc) is 3.15. The van der Waals surface area contributed by atoms with Crippen molar-refractivity contribution in [2.24, 2.45) is 0 Å². The number of benzene rings is 1. The Morgan fingerprint density at radius 3 is 2.76 bits per heavy atom. The molecular formula is C16H14N2O3. The SMILES string of the molecule is COc1cc(-c2ccc(C=O)o2)ccc1-n1cnc(C)c1. The Morgan fingerprint density at radius 1 is 1.29 bits per heavy atom. The van der Waals surface area contributed by atoms with Crippen molar-refractivity contribution < 1.29 is 13.9 Å². The Hall–Kier alpha value is -2.82. The molecule has 0 N–H and O–H groups in total. The van der Waals surface area contributed by atoms with Crippen LogP contribution in [0, 0.1) is 6.92 Å². The van der Waals surface area contributed by atoms with Gasteiger partial charge in [-0.1, -0.05) is 0 Å². The second-order valence-corrected chi connectivity index (χ2v) is 4.63. The Balaban J connectivity index is 2.04. The van der Waals surface area contributed by atoms with Gasteiger partial charge in [0.05, 0.1) is 24.8 Å². The van der Waals surface area contributed by atoms with Crippen molar-refractivity contribution in [1.29, 1.82) is 0 Å². The van der Waals surface area contributed by atoms with E-state index in [0.717, 1.165) is 16.9 Å². The molecule has 3 aromatic rings. The Kier molecular flexibility index (Phi) is 3.31. The summed E-state index contributed by atoms with van der Waals surface area (Å²) in [6, 6.07) is 9.12. The highest BCUT2D eigenvalue weighted by Crippen LogP contribution is 2.30. The van der Waals surface area contributed by atoms with E-state index in [1.165, 1.54) is 0 Å². The fourth-order valence-electron chi connectivity index (χ4n) is 2.17. The fourth-order valence-corrected chi connectivity index (χ4v) is 2.17. The Bertz CT molecular complexity index is 786. The smallest absolute Gasteiger partial charge is 0.185 e. The summed E-state index contributed by atoms with van der Waals surface area (Å²) in [5, 5.41) is 0. The van der Waals surface area contributed by atoms with Gasteiger partial charge in [-0.3, -0.25) is 4.79 Å². The van der Waals surface area contributed by atoms with Gasteiger partial charge in [0, 0.05) is 11.8 Å². The standard InChI is InChI=1S/C16H14N2O3/c1-11-8-18(10-17-11)14-5-3-12(7-16(14)20-2)15-6-4-13(9-19)21-15/h3-10H,1-2H3. The van der Waals surface area contributed by atoms with Crippen molar-refractivity contribution in [3.05, 3.63) is 54.3 Å². The van der Waals surface area contributed by atoms with Crippen LogP contribution in [0.1, 0.15) is 16.2 Å². The maximum atomic E-state index is 10.7. The number of hydrogen-bond acceptors (Lipinski definition) is 4. The lowest BCUT2D eigenvalue weighted by Gasteiger charge is -2.10. The van der Waals surface area contributed by atoms with Gasteiger partial charge >= 0.3 is 0 Å². The number of furan rings is 1. The molecule has 106 valence electrons. The molecule has 0 fully saturated rings. The maximum Gasteiger partial charge on any atom is 0.185 e. The van der Waals surface area contributed by atoms with Crippen molar-refractivity contribution in [3.8, 4) is 22.8 Å². The zero-order chi connectivity index (χ0) is 14.8. The number of carbonyl (C=O) groups excluding carboxylic acids is 1. The minimum Gasteiger partial charge on any atom is -0.495 e. The fraction of sp³-hybridized carbons (Fsp3) is 0.125. The van der Waals surface area contributed by atoms with E-state index in [9.17, 15) is 4.79 Å². The van der Waals surface area contributed by atoms with Crippen LogP contribution in [0.3, 0.4) is 0 Å². The summed E-state index contributed by atoms with van der Waals surface area (Å²) in [5.74, 6) is 1.64. The van der Waals surface area contributed by atoms with Crippen LogP contribution in [-0.2, 0) is 0 Å². The maximum absolute atomic E-state index is 10.7. The molecule has 2 heterocycles. The molecule has 3 rings (SSSR count). The highest BCUT2D eigenvalue weighted by Gasteiger charge is 2.10. The number of ether oxygens (including phenoxy) is 1. The van der Waals surface area contributed by atoms with E-state index in [1.807, 2.05) is 35.9 Å². The molecule has 0 spiro atoms. The lowest BCUT2D eigenvalue weighted by molar-refractivity contribution is 0.110. The number of methoxy groups -OCH3 is 1. The largest absolute Gasteiger partial charge is 0.495 e. The molecule has 2 aromatic heterocycles. The Labute approximate surface area is 121 Å². The van der Waals surface area contributed by atoms with Gasteiger partial charge in [0.1, 0.15) is 11.5 Å². The number of imidazole rings is 1. The summed E-state index contributed by atoms with van der Waals surface area (Å²) in [6.45, 7) is 1.93. The van der Waals surface area contributed by atoms with E-state index in [2.05, 4.69) is 4.98 Å². The van der Waals surface area contributed by atoms with Gasteiger partial charge in [-0.2, -0.15) is 0 Å². The monoisotopic (exact) mass is 282 g/mol. The number of aldehydes is 1. The molecule has 0 aliphatic heterocycles. The summed E-state index contributed by atoms with van der Waals surface area (Å²) in [6.07, 6.45) is 4.35. The molecule has 0 amide bonds. The lowest BCUT2D eigenvalue weighted by atomic mass is 10.1. The number of hydrogen-bond donors (Lipinski definition) is 0. The third kappa shape index (κ3) is 2.45. The van der Waals surface area contributed by atoms with E-state index < -0.39 is 0 Å². The molecule has 0 aliphatic rings. The van der Waals surface area contributed by atoms with E-state index in [4.69, 9.17) is 9.15 Å². The van der Waals surface area contributed by atoms with Crippen molar-refractivity contribution in [3.63, 3.8) is 0 Å². The zero-order valence-electron chi connectivity index (χ0n) is 11.7. The van der Waals surface area contributed by atoms with Crippen LogP contribution < -0.4 is 4.74 Å². The minimum atomic E-state index is 0.304. The Morgan fingerprint density at radius 2 is 2.14 bits per heavy atom. The minimum absolute atomic E-state index is 0.304. The number of carbonyl (C=O) groups is 1. The van der Waals surface area contributed by atoms with Crippen LogP contribution >= 0.6 is 0 Å². The number of rotatable bonds is 4. The quantitative estimate of drug-likeness (QED) is 0.689. The summed E-state index contributed by atoms with van der Waals surface area (Å²) >= 11 is 0. The molecule has 0 aliphatic carbocycles. The van der Waals surface area contributed by atoms with Crippen LogP contribution in [0.2, 0.25) is 0 Å². The van der Waals surface area contributed by atoms with E-state index in [-0.39, 0.29) is 0 Å². The highest BCUT2D eigenvalue weighted by atomic mass is 16.5. The van der Waals surface area contributed by atoms with Gasteiger partial charge in [-0.15, -0.1) is 0 Å². The van der Waals surface area contributed by atoms with Crippen LogP contribution in [0.25, 0.3) is 17.0 Å². The third-order valence-corrected chi connectivity index (χ3v) is 3.20. The molecule has 1 aromatic carbocycles. The third-order valence-electron chi connectivity index (χ3n) is 3.20. The van der Waals surface area contributed by atoms with Crippen molar-refractivity contribution in [1.82, 2.24) is 9.55 Å². The average molecular weight is 282 g/mol. The van der Waals surface area contributed by atoms with Gasteiger partial charge in [0.2, 0.25) is 0 Å². The summed E-state index contributed by atoms with van der Waals surface area (Å²) in [5.41, 5.74) is 2.67. The molecule has 21 heavy (non-hydrogen) atoms. The van der Waals surface area contributed by atoms with Gasteiger partial charge in [0.25, 0.3) is 0 Å². The highest BCUT2D eigenvalue weighted by molar-refractivity contribution is 5.73. The second kappa shape index (κ2) is 5.28. The van der Waals surface area contributed by atoms with Crippen molar-refractivity contribution >= 4 is 6.29 Å². The normalized spacial score (nSPS) is 10.6. The van der Waals surface area contributed by atoms with Crippen LogP contribution in [0.5, 0.6) is 5.75 Å². The van der Waals surface area contributed by atoms with Crippen molar-refractivity contribution in [2.75, 3.05) is 7.11 Å². The van der Waals surface area contributed by atoms with Crippen molar-refractivity contribution in [2.45, 2.75) is 6.92 Å². The van der Waals surface area contributed by atoms with Gasteiger partial charge < -0.3 is 13.7 Å². The number of aryl methyl sites for hydroxylation is 1. The van der Waals surface area contributed by atoms with Gasteiger partial charge in [-0.05, 0) is 37.3 Å². The van der Waals surface area contributed by atoms with Crippen LogP contribution in [0.4, 0.5) is 0 Å². The molecule has 0 unspecified atom stereocenters. The number of nitrogens with zero attached hydrogens (tertiary/aromatic N) is 2. The van der Waals surface area contributed by atoms with E-state index in [1.54, 1.807) is 25.6 Å². The summed E-state index contributed by atoms with van der Waals surface area (Å²) in [4.78, 5) is 14.9. The molecule has 5 heteroatoms. The molecular weight excluding hydrogens is 268 g/mol. The first-order valence-electron chi connectivity index (χ1n) is 6.45. The second-order valence-electron chi connectivity index (χ2n) is 4.63. The van der Waals surface area contributed by atoms with Crippen LogP contribution in [-0.4, -0.2) is 22.9 Å². The molecule has 0 saturated heterocycles. The first-order chi connectivity index (χ1) is 10.2. The van der Waals surface area contributed by atoms with Gasteiger partial charge in [0.15, 0.2) is 12.0 Å².